The molecule has 0 heterocycles. The lowest BCUT2D eigenvalue weighted by Gasteiger charge is -2.25. The lowest BCUT2D eigenvalue weighted by Crippen LogP contribution is -2.56. The summed E-state index contributed by atoms with van der Waals surface area (Å²) in [6.07, 6.45) is 4.05. The Balaban J connectivity index is 5.30. The van der Waals surface area contributed by atoms with E-state index in [1.54, 1.807) is 0 Å². The first-order valence-corrected chi connectivity index (χ1v) is 11.6. The van der Waals surface area contributed by atoms with Gasteiger partial charge >= 0.3 is 5.97 Å². The number of amides is 3. The van der Waals surface area contributed by atoms with Gasteiger partial charge in [-0.3, -0.25) is 14.4 Å². The smallest absolute Gasteiger partial charge is 0.326 e. The molecule has 0 fully saturated rings. The van der Waals surface area contributed by atoms with Crippen LogP contribution in [-0.4, -0.2) is 72.0 Å². The van der Waals surface area contributed by atoms with Crippen LogP contribution in [0.15, 0.2) is 0 Å². The SMILES string of the molecule is CSCCC(NC(=O)C(CCCCN)NC(=O)C(CC(C)C)NC(=O)CN)C(=O)O. The van der Waals surface area contributed by atoms with E-state index in [-0.39, 0.29) is 18.9 Å². The van der Waals surface area contributed by atoms with E-state index in [1.807, 2.05) is 20.1 Å². The van der Waals surface area contributed by atoms with Gasteiger partial charge in [0.1, 0.15) is 18.1 Å². The summed E-state index contributed by atoms with van der Waals surface area (Å²) >= 11 is 1.48. The number of unbranched alkanes of at least 4 members (excludes halogenated alkanes) is 1. The van der Waals surface area contributed by atoms with E-state index in [2.05, 4.69) is 16.0 Å². The van der Waals surface area contributed by atoms with E-state index in [0.717, 1.165) is 0 Å². The number of hydrogen-bond donors (Lipinski definition) is 6. The molecule has 174 valence electrons. The van der Waals surface area contributed by atoms with Gasteiger partial charge in [-0.15, -0.1) is 0 Å². The fourth-order valence-corrected chi connectivity index (χ4v) is 3.23. The minimum absolute atomic E-state index is 0.117. The molecule has 0 aromatic rings. The van der Waals surface area contributed by atoms with Crippen molar-refractivity contribution in [1.82, 2.24) is 16.0 Å². The third kappa shape index (κ3) is 12.0. The van der Waals surface area contributed by atoms with Crippen molar-refractivity contribution in [3.05, 3.63) is 0 Å². The molecule has 11 heteroatoms. The summed E-state index contributed by atoms with van der Waals surface area (Å²) < 4.78 is 0. The first kappa shape index (κ1) is 28.1. The number of nitrogens with two attached hydrogens (primary N) is 2. The fourth-order valence-electron chi connectivity index (χ4n) is 2.76. The number of aliphatic carboxylic acids is 1. The first-order chi connectivity index (χ1) is 14.2. The van der Waals surface area contributed by atoms with E-state index in [4.69, 9.17) is 11.5 Å². The van der Waals surface area contributed by atoms with Gasteiger partial charge < -0.3 is 32.5 Å². The molecule has 0 aliphatic heterocycles. The van der Waals surface area contributed by atoms with Crippen LogP contribution in [0.1, 0.15) is 46.0 Å². The fraction of sp³-hybridized carbons (Fsp3) is 0.789. The van der Waals surface area contributed by atoms with Gasteiger partial charge in [0.05, 0.1) is 6.54 Å². The van der Waals surface area contributed by atoms with Crippen molar-refractivity contribution in [3.8, 4) is 0 Å². The van der Waals surface area contributed by atoms with Crippen molar-refractivity contribution >= 4 is 35.5 Å². The van der Waals surface area contributed by atoms with Crippen molar-refractivity contribution in [2.45, 2.75) is 64.1 Å². The third-order valence-corrected chi connectivity index (χ3v) is 4.99. The second-order valence-corrected chi connectivity index (χ2v) is 8.47. The molecular formula is C19H37N5O5S. The average Bonchev–Trinajstić information content (AvgIpc) is 2.68. The standard InChI is InChI=1S/C19H37N5O5S/c1-12(2)10-15(22-16(25)11-21)18(27)23-13(6-4-5-8-20)17(26)24-14(19(28)29)7-9-30-3/h12-15H,4-11,20-21H2,1-3H3,(H,22,25)(H,23,27)(H,24,26)(H,28,29). The average molecular weight is 448 g/mol. The van der Waals surface area contributed by atoms with Crippen LogP contribution in [0.4, 0.5) is 0 Å². The normalized spacial score (nSPS) is 13.9. The van der Waals surface area contributed by atoms with Crippen LogP contribution in [0.2, 0.25) is 0 Å². The predicted molar refractivity (Wildman–Crippen MR) is 118 cm³/mol. The number of carbonyl (C=O) groups excluding carboxylic acids is 3. The minimum Gasteiger partial charge on any atom is -0.480 e. The second-order valence-electron chi connectivity index (χ2n) is 7.48. The summed E-state index contributed by atoms with van der Waals surface area (Å²) in [5.74, 6) is -1.98. The van der Waals surface area contributed by atoms with E-state index in [0.29, 0.717) is 38.0 Å². The molecule has 0 saturated carbocycles. The van der Waals surface area contributed by atoms with Gasteiger partial charge in [-0.25, -0.2) is 4.79 Å². The molecular weight excluding hydrogens is 410 g/mol. The molecule has 3 atom stereocenters. The number of nitrogens with one attached hydrogen (secondary N) is 3. The number of thioether (sulfide) groups is 1. The highest BCUT2D eigenvalue weighted by Gasteiger charge is 2.29. The van der Waals surface area contributed by atoms with Gasteiger partial charge in [-0.1, -0.05) is 13.8 Å². The van der Waals surface area contributed by atoms with E-state index in [9.17, 15) is 24.3 Å². The molecule has 0 rings (SSSR count). The Morgan fingerprint density at radius 3 is 2.00 bits per heavy atom. The van der Waals surface area contributed by atoms with Crippen LogP contribution in [-0.2, 0) is 19.2 Å². The Bertz CT molecular complexity index is 561. The molecule has 0 saturated heterocycles. The lowest BCUT2D eigenvalue weighted by atomic mass is 10.0. The summed E-state index contributed by atoms with van der Waals surface area (Å²) in [4.78, 5) is 48.6. The number of carboxylic acids is 1. The Labute approximate surface area is 182 Å². The number of carboxylic acid groups (broad SMARTS) is 1. The van der Waals surface area contributed by atoms with Crippen LogP contribution < -0.4 is 27.4 Å². The summed E-state index contributed by atoms with van der Waals surface area (Å²) in [7, 11) is 0. The number of carbonyl (C=O) groups is 4. The molecule has 0 aliphatic carbocycles. The van der Waals surface area contributed by atoms with E-state index < -0.39 is 41.8 Å². The summed E-state index contributed by atoms with van der Waals surface area (Å²) in [5, 5.41) is 17.1. The van der Waals surface area contributed by atoms with Crippen molar-refractivity contribution < 1.29 is 24.3 Å². The van der Waals surface area contributed by atoms with Gasteiger partial charge in [0.25, 0.3) is 0 Å². The Hall–Kier alpha value is -1.85. The third-order valence-electron chi connectivity index (χ3n) is 4.35. The van der Waals surface area contributed by atoms with Crippen LogP contribution in [0.5, 0.6) is 0 Å². The van der Waals surface area contributed by atoms with E-state index in [1.165, 1.54) is 11.8 Å². The maximum absolute atomic E-state index is 12.8. The van der Waals surface area contributed by atoms with Crippen LogP contribution in [0, 0.1) is 5.92 Å². The maximum Gasteiger partial charge on any atom is 0.326 e. The quantitative estimate of drug-likeness (QED) is 0.170. The summed E-state index contributed by atoms with van der Waals surface area (Å²) in [5.41, 5.74) is 10.8. The zero-order valence-corrected chi connectivity index (χ0v) is 18.9. The van der Waals surface area contributed by atoms with Gasteiger partial charge in [0.15, 0.2) is 0 Å². The molecule has 0 aromatic carbocycles. The van der Waals surface area contributed by atoms with Crippen LogP contribution in [0.3, 0.4) is 0 Å². The monoisotopic (exact) mass is 447 g/mol. The predicted octanol–water partition coefficient (Wildman–Crippen LogP) is -0.588. The first-order valence-electron chi connectivity index (χ1n) is 10.2. The molecule has 0 bridgehead atoms. The Morgan fingerprint density at radius 1 is 0.900 bits per heavy atom. The molecule has 3 amide bonds. The van der Waals surface area contributed by atoms with Crippen molar-refractivity contribution in [2.24, 2.45) is 17.4 Å². The van der Waals surface area contributed by atoms with Crippen molar-refractivity contribution in [1.29, 1.82) is 0 Å². The molecule has 30 heavy (non-hydrogen) atoms. The highest BCUT2D eigenvalue weighted by atomic mass is 32.2. The molecule has 10 nitrogen and oxygen atoms in total. The van der Waals surface area contributed by atoms with Gasteiger partial charge in [-0.2, -0.15) is 11.8 Å². The van der Waals surface area contributed by atoms with Crippen LogP contribution in [0.25, 0.3) is 0 Å². The summed E-state index contributed by atoms with van der Waals surface area (Å²) in [6, 6.07) is -2.80. The molecule has 0 spiro atoms. The highest BCUT2D eigenvalue weighted by molar-refractivity contribution is 7.98. The molecule has 0 radical (unpaired) electrons. The van der Waals surface area contributed by atoms with Gasteiger partial charge in [0, 0.05) is 0 Å². The largest absolute Gasteiger partial charge is 0.480 e. The Kier molecular flexibility index (Phi) is 14.9. The second kappa shape index (κ2) is 15.9. The molecule has 0 aliphatic rings. The highest BCUT2D eigenvalue weighted by Crippen LogP contribution is 2.08. The number of rotatable bonds is 16. The van der Waals surface area contributed by atoms with Crippen molar-refractivity contribution in [2.75, 3.05) is 25.1 Å². The van der Waals surface area contributed by atoms with Crippen molar-refractivity contribution in [3.63, 3.8) is 0 Å². The summed E-state index contributed by atoms with van der Waals surface area (Å²) in [6.45, 7) is 4.00. The Morgan fingerprint density at radius 2 is 1.50 bits per heavy atom. The van der Waals surface area contributed by atoms with Gasteiger partial charge in [-0.05, 0) is 56.6 Å². The maximum atomic E-state index is 12.8. The molecule has 0 aromatic heterocycles. The topological polar surface area (TPSA) is 177 Å². The lowest BCUT2D eigenvalue weighted by molar-refractivity contribution is -0.142. The molecule has 3 unspecified atom stereocenters. The van der Waals surface area contributed by atoms with Gasteiger partial charge in [0.2, 0.25) is 17.7 Å². The zero-order chi connectivity index (χ0) is 23.1. The minimum atomic E-state index is -1.13. The van der Waals surface area contributed by atoms with Crippen LogP contribution >= 0.6 is 11.8 Å². The van der Waals surface area contributed by atoms with E-state index >= 15 is 0 Å². The molecule has 8 N–H and O–H groups in total. The number of hydrogen-bond acceptors (Lipinski definition) is 7. The zero-order valence-electron chi connectivity index (χ0n) is 18.1.